The van der Waals surface area contributed by atoms with Crippen molar-refractivity contribution in [2.24, 2.45) is 0 Å². The third-order valence-corrected chi connectivity index (χ3v) is 3.50. The fraction of sp³-hybridized carbons (Fsp3) is 0.263. The van der Waals surface area contributed by atoms with E-state index in [-0.39, 0.29) is 11.9 Å². The molecule has 132 valence electrons. The number of urea groups is 1. The van der Waals surface area contributed by atoms with Crippen molar-refractivity contribution in [3.8, 4) is 5.75 Å². The van der Waals surface area contributed by atoms with E-state index < -0.39 is 0 Å². The van der Waals surface area contributed by atoms with Crippen LogP contribution in [0.1, 0.15) is 12.5 Å². The molecule has 0 heterocycles. The van der Waals surface area contributed by atoms with E-state index in [1.807, 2.05) is 31.2 Å². The van der Waals surface area contributed by atoms with E-state index in [9.17, 15) is 9.59 Å². The third-order valence-electron chi connectivity index (χ3n) is 3.50. The summed E-state index contributed by atoms with van der Waals surface area (Å²) in [5.41, 5.74) is 2.15. The van der Waals surface area contributed by atoms with Crippen molar-refractivity contribution in [3.63, 3.8) is 0 Å². The first-order valence-corrected chi connectivity index (χ1v) is 8.08. The van der Waals surface area contributed by atoms with Gasteiger partial charge in [0.05, 0.1) is 18.7 Å². The second-order valence-corrected chi connectivity index (χ2v) is 5.67. The van der Waals surface area contributed by atoms with Crippen LogP contribution in [0.3, 0.4) is 0 Å². The summed E-state index contributed by atoms with van der Waals surface area (Å²) in [5, 5.41) is 5.53. The lowest BCUT2D eigenvalue weighted by molar-refractivity contribution is -0.127. The molecule has 0 aliphatic rings. The summed E-state index contributed by atoms with van der Waals surface area (Å²) in [4.78, 5) is 25.4. The Morgan fingerprint density at radius 1 is 1.00 bits per heavy atom. The first-order chi connectivity index (χ1) is 12.0. The van der Waals surface area contributed by atoms with Crippen molar-refractivity contribution in [1.29, 1.82) is 0 Å². The van der Waals surface area contributed by atoms with Gasteiger partial charge in [-0.25, -0.2) is 4.79 Å². The summed E-state index contributed by atoms with van der Waals surface area (Å²) in [7, 11) is 3.45. The Kier molecular flexibility index (Phi) is 6.39. The van der Waals surface area contributed by atoms with Gasteiger partial charge in [0, 0.05) is 19.8 Å². The molecule has 0 atom stereocenters. The van der Waals surface area contributed by atoms with Gasteiger partial charge in [-0.15, -0.1) is 0 Å². The Morgan fingerprint density at radius 3 is 2.32 bits per heavy atom. The van der Waals surface area contributed by atoms with Crippen LogP contribution < -0.4 is 15.4 Å². The van der Waals surface area contributed by atoms with Crippen LogP contribution in [-0.4, -0.2) is 37.5 Å². The van der Waals surface area contributed by atoms with Gasteiger partial charge in [0.15, 0.2) is 0 Å². The van der Waals surface area contributed by atoms with Gasteiger partial charge in [0.1, 0.15) is 5.75 Å². The van der Waals surface area contributed by atoms with Crippen molar-refractivity contribution in [3.05, 3.63) is 54.1 Å². The monoisotopic (exact) mass is 341 g/mol. The summed E-state index contributed by atoms with van der Waals surface area (Å²) in [6.45, 7) is 2.41. The highest BCUT2D eigenvalue weighted by atomic mass is 16.5. The van der Waals surface area contributed by atoms with Gasteiger partial charge in [-0.1, -0.05) is 24.3 Å². The predicted octanol–water partition coefficient (Wildman–Crippen LogP) is 3.36. The summed E-state index contributed by atoms with van der Waals surface area (Å²) in [6.07, 6.45) is 0.335. The highest BCUT2D eigenvalue weighted by Gasteiger charge is 2.08. The Balaban J connectivity index is 1.96. The van der Waals surface area contributed by atoms with Gasteiger partial charge in [-0.2, -0.15) is 0 Å². The summed E-state index contributed by atoms with van der Waals surface area (Å²) in [5.74, 6) is 0.656. The fourth-order valence-corrected chi connectivity index (χ4v) is 2.17. The van der Waals surface area contributed by atoms with Crippen LogP contribution in [0.5, 0.6) is 5.75 Å². The van der Waals surface area contributed by atoms with Gasteiger partial charge in [0.25, 0.3) is 0 Å². The number of nitrogens with one attached hydrogen (secondary N) is 2. The summed E-state index contributed by atoms with van der Waals surface area (Å²) >= 11 is 0. The van der Waals surface area contributed by atoms with Crippen LogP contribution in [0.15, 0.2) is 48.5 Å². The molecular weight excluding hydrogens is 318 g/mol. The standard InChI is InChI=1S/C19H23N3O3/c1-4-25-17-8-6-5-7-16(17)21-19(24)20-15-11-9-14(10-12-15)13-18(23)22(2)3/h5-12H,4,13H2,1-3H3,(H2,20,21,24). The molecule has 0 aromatic heterocycles. The van der Waals surface area contributed by atoms with E-state index in [1.54, 1.807) is 43.3 Å². The van der Waals surface area contributed by atoms with Crippen LogP contribution >= 0.6 is 0 Å². The number of hydrogen-bond donors (Lipinski definition) is 2. The SMILES string of the molecule is CCOc1ccccc1NC(=O)Nc1ccc(CC(=O)N(C)C)cc1. The maximum absolute atomic E-state index is 12.2. The fourth-order valence-electron chi connectivity index (χ4n) is 2.17. The van der Waals surface area contributed by atoms with Gasteiger partial charge in [-0.05, 0) is 36.8 Å². The van der Waals surface area contributed by atoms with Gasteiger partial charge >= 0.3 is 6.03 Å². The molecule has 0 fully saturated rings. The van der Waals surface area contributed by atoms with E-state index in [0.717, 1.165) is 5.56 Å². The summed E-state index contributed by atoms with van der Waals surface area (Å²) in [6, 6.07) is 14.1. The zero-order chi connectivity index (χ0) is 18.2. The minimum Gasteiger partial charge on any atom is -0.492 e. The lowest BCUT2D eigenvalue weighted by Gasteiger charge is -2.13. The van der Waals surface area contributed by atoms with E-state index in [2.05, 4.69) is 10.6 Å². The van der Waals surface area contributed by atoms with Crippen molar-refractivity contribution in [1.82, 2.24) is 4.90 Å². The number of likely N-dealkylation sites (N-methyl/N-ethyl adjacent to an activating group) is 1. The van der Waals surface area contributed by atoms with Gasteiger partial charge in [0.2, 0.25) is 5.91 Å². The predicted molar refractivity (Wildman–Crippen MR) is 99.1 cm³/mol. The Bertz CT molecular complexity index is 727. The third kappa shape index (κ3) is 5.53. The molecule has 0 bridgehead atoms. The lowest BCUT2D eigenvalue weighted by atomic mass is 10.1. The van der Waals surface area contributed by atoms with Crippen LogP contribution in [0, 0.1) is 0 Å². The second-order valence-electron chi connectivity index (χ2n) is 5.67. The molecule has 0 radical (unpaired) electrons. The van der Waals surface area contributed by atoms with E-state index >= 15 is 0 Å². The van der Waals surface area contributed by atoms with Crippen LogP contribution in [0.2, 0.25) is 0 Å². The topological polar surface area (TPSA) is 70.7 Å². The van der Waals surface area contributed by atoms with E-state index in [0.29, 0.717) is 30.2 Å². The number of para-hydroxylation sites is 2. The van der Waals surface area contributed by atoms with Crippen molar-refractivity contribution >= 4 is 23.3 Å². The first kappa shape index (κ1) is 18.3. The Hall–Kier alpha value is -3.02. The number of nitrogens with zero attached hydrogens (tertiary/aromatic N) is 1. The average Bonchev–Trinajstić information content (AvgIpc) is 2.58. The smallest absolute Gasteiger partial charge is 0.323 e. The molecule has 2 rings (SSSR count). The van der Waals surface area contributed by atoms with Crippen LogP contribution in [0.25, 0.3) is 0 Å². The Morgan fingerprint density at radius 2 is 1.68 bits per heavy atom. The average molecular weight is 341 g/mol. The number of carbonyl (C=O) groups excluding carboxylic acids is 2. The van der Waals surface area contributed by atoms with Crippen LogP contribution in [-0.2, 0) is 11.2 Å². The molecule has 0 spiro atoms. The number of amides is 3. The normalized spacial score (nSPS) is 10.0. The highest BCUT2D eigenvalue weighted by Crippen LogP contribution is 2.23. The maximum Gasteiger partial charge on any atom is 0.323 e. The molecule has 0 saturated heterocycles. The minimum absolute atomic E-state index is 0.0333. The van der Waals surface area contributed by atoms with Crippen molar-refractivity contribution in [2.45, 2.75) is 13.3 Å². The number of anilines is 2. The molecule has 25 heavy (non-hydrogen) atoms. The molecule has 0 saturated carbocycles. The molecule has 0 unspecified atom stereocenters. The molecule has 0 aliphatic carbocycles. The number of ether oxygens (including phenoxy) is 1. The molecule has 2 aromatic carbocycles. The van der Waals surface area contributed by atoms with Crippen LogP contribution in [0.4, 0.5) is 16.2 Å². The molecule has 2 aromatic rings. The largest absolute Gasteiger partial charge is 0.492 e. The maximum atomic E-state index is 12.2. The van der Waals surface area contributed by atoms with Gasteiger partial charge in [-0.3, -0.25) is 4.79 Å². The molecule has 6 nitrogen and oxygen atoms in total. The molecular formula is C19H23N3O3. The van der Waals surface area contributed by atoms with Crippen molar-refractivity contribution in [2.75, 3.05) is 31.3 Å². The number of hydrogen-bond acceptors (Lipinski definition) is 3. The zero-order valence-corrected chi connectivity index (χ0v) is 14.7. The second kappa shape index (κ2) is 8.73. The summed E-state index contributed by atoms with van der Waals surface area (Å²) < 4.78 is 5.48. The molecule has 3 amide bonds. The number of benzene rings is 2. The number of rotatable bonds is 6. The zero-order valence-electron chi connectivity index (χ0n) is 14.7. The quantitative estimate of drug-likeness (QED) is 0.846. The molecule has 2 N–H and O–H groups in total. The van der Waals surface area contributed by atoms with E-state index in [4.69, 9.17) is 4.74 Å². The van der Waals surface area contributed by atoms with Crippen molar-refractivity contribution < 1.29 is 14.3 Å². The molecule has 6 heteroatoms. The first-order valence-electron chi connectivity index (χ1n) is 8.08. The van der Waals surface area contributed by atoms with Gasteiger partial charge < -0.3 is 20.3 Å². The lowest BCUT2D eigenvalue weighted by Crippen LogP contribution is -2.23. The van der Waals surface area contributed by atoms with E-state index in [1.165, 1.54) is 0 Å². The number of carbonyl (C=O) groups is 2. The highest BCUT2D eigenvalue weighted by molar-refractivity contribution is 6.00. The Labute approximate surface area is 147 Å². The minimum atomic E-state index is -0.357. The molecule has 0 aliphatic heterocycles.